The standard InChI is InChI=1S/C24H31N3O3/c1-3-30-22-12-8-7-11-20(22)18-27-16-14-25-24(29)21(27)17-23(28)26(2)15-13-19-9-5-4-6-10-19/h4-12,21H,3,13-18H2,1-2H3,(H,25,29)/t21-/m0/s1. The molecule has 1 heterocycles. The van der Waals surface area contributed by atoms with Crippen molar-refractivity contribution in [3.8, 4) is 5.75 Å². The Morgan fingerprint density at radius 1 is 1.17 bits per heavy atom. The maximum atomic E-state index is 12.8. The van der Waals surface area contributed by atoms with Crippen molar-refractivity contribution in [3.63, 3.8) is 0 Å². The van der Waals surface area contributed by atoms with Gasteiger partial charge < -0.3 is 15.0 Å². The van der Waals surface area contributed by atoms with Crippen LogP contribution in [0.1, 0.15) is 24.5 Å². The molecule has 0 radical (unpaired) electrons. The summed E-state index contributed by atoms with van der Waals surface area (Å²) in [5, 5.41) is 2.91. The van der Waals surface area contributed by atoms with Crippen molar-refractivity contribution < 1.29 is 14.3 Å². The van der Waals surface area contributed by atoms with Gasteiger partial charge in [0.05, 0.1) is 19.1 Å². The number of carbonyl (C=O) groups is 2. The van der Waals surface area contributed by atoms with Crippen LogP contribution in [0.15, 0.2) is 54.6 Å². The predicted molar refractivity (Wildman–Crippen MR) is 117 cm³/mol. The summed E-state index contributed by atoms with van der Waals surface area (Å²) in [7, 11) is 1.81. The minimum Gasteiger partial charge on any atom is -0.494 e. The maximum Gasteiger partial charge on any atom is 0.237 e. The van der Waals surface area contributed by atoms with Crippen LogP contribution in [0.5, 0.6) is 5.75 Å². The minimum atomic E-state index is -0.472. The van der Waals surface area contributed by atoms with Gasteiger partial charge in [-0.1, -0.05) is 48.5 Å². The Labute approximate surface area is 178 Å². The molecule has 0 spiro atoms. The zero-order valence-electron chi connectivity index (χ0n) is 17.8. The first-order valence-corrected chi connectivity index (χ1v) is 10.6. The highest BCUT2D eigenvalue weighted by atomic mass is 16.5. The van der Waals surface area contributed by atoms with Crippen molar-refractivity contribution in [1.82, 2.24) is 15.1 Å². The lowest BCUT2D eigenvalue weighted by Gasteiger charge is -2.35. The second-order valence-corrected chi connectivity index (χ2v) is 7.57. The van der Waals surface area contributed by atoms with Crippen molar-refractivity contribution in [3.05, 3.63) is 65.7 Å². The van der Waals surface area contributed by atoms with Gasteiger partial charge in [0.15, 0.2) is 0 Å². The highest BCUT2D eigenvalue weighted by Crippen LogP contribution is 2.22. The molecular weight excluding hydrogens is 378 g/mol. The van der Waals surface area contributed by atoms with E-state index in [1.54, 1.807) is 11.9 Å². The molecule has 1 saturated heterocycles. The van der Waals surface area contributed by atoms with Crippen molar-refractivity contribution in [2.75, 3.05) is 33.3 Å². The van der Waals surface area contributed by atoms with E-state index in [4.69, 9.17) is 4.74 Å². The predicted octanol–water partition coefficient (Wildman–Crippen LogP) is 2.48. The molecule has 0 aromatic heterocycles. The summed E-state index contributed by atoms with van der Waals surface area (Å²) in [6.07, 6.45) is 0.972. The number of piperazine rings is 1. The van der Waals surface area contributed by atoms with Crippen LogP contribution in [0.4, 0.5) is 0 Å². The molecule has 0 aliphatic carbocycles. The fraction of sp³-hybridized carbons (Fsp3) is 0.417. The first-order chi connectivity index (χ1) is 14.6. The van der Waals surface area contributed by atoms with Crippen LogP contribution in [0.3, 0.4) is 0 Å². The summed E-state index contributed by atoms with van der Waals surface area (Å²) in [5.74, 6) is 0.729. The fourth-order valence-electron chi connectivity index (χ4n) is 3.71. The lowest BCUT2D eigenvalue weighted by Crippen LogP contribution is -2.56. The molecule has 160 valence electrons. The minimum absolute atomic E-state index is 0.0175. The second-order valence-electron chi connectivity index (χ2n) is 7.57. The molecule has 3 rings (SSSR count). The summed E-state index contributed by atoms with van der Waals surface area (Å²) >= 11 is 0. The van der Waals surface area contributed by atoms with Crippen LogP contribution in [0, 0.1) is 0 Å². The number of ether oxygens (including phenoxy) is 1. The molecule has 6 heteroatoms. The molecule has 1 aliphatic rings. The molecule has 1 fully saturated rings. The Balaban J connectivity index is 1.63. The first kappa shape index (κ1) is 21.8. The van der Waals surface area contributed by atoms with E-state index in [-0.39, 0.29) is 18.2 Å². The van der Waals surface area contributed by atoms with Crippen LogP contribution in [-0.2, 0) is 22.6 Å². The normalized spacial score (nSPS) is 16.7. The number of amides is 2. The summed E-state index contributed by atoms with van der Waals surface area (Å²) < 4.78 is 5.73. The lowest BCUT2D eigenvalue weighted by atomic mass is 10.1. The smallest absolute Gasteiger partial charge is 0.237 e. The van der Waals surface area contributed by atoms with E-state index in [0.29, 0.717) is 32.8 Å². The molecule has 0 bridgehead atoms. The number of nitrogens with one attached hydrogen (secondary N) is 1. The third kappa shape index (κ3) is 5.83. The molecule has 6 nitrogen and oxygen atoms in total. The Kier molecular flexibility index (Phi) is 7.85. The van der Waals surface area contributed by atoms with Gasteiger partial charge in [-0.25, -0.2) is 0 Å². The van der Waals surface area contributed by atoms with Gasteiger partial charge in [0, 0.05) is 38.8 Å². The molecule has 2 amide bonds. The zero-order chi connectivity index (χ0) is 21.3. The molecule has 1 N–H and O–H groups in total. The van der Waals surface area contributed by atoms with E-state index in [0.717, 1.165) is 17.7 Å². The Morgan fingerprint density at radius 2 is 1.90 bits per heavy atom. The molecule has 0 unspecified atom stereocenters. The molecule has 30 heavy (non-hydrogen) atoms. The number of hydrogen-bond acceptors (Lipinski definition) is 4. The summed E-state index contributed by atoms with van der Waals surface area (Å²) in [6, 6.07) is 17.5. The number of carbonyl (C=O) groups excluding carboxylic acids is 2. The summed E-state index contributed by atoms with van der Waals surface area (Å²) in [4.78, 5) is 29.2. The molecule has 2 aromatic rings. The third-order valence-electron chi connectivity index (χ3n) is 5.46. The molecule has 0 saturated carbocycles. The van der Waals surface area contributed by atoms with Gasteiger partial charge in [-0.15, -0.1) is 0 Å². The zero-order valence-corrected chi connectivity index (χ0v) is 17.8. The average Bonchev–Trinajstić information content (AvgIpc) is 2.76. The van der Waals surface area contributed by atoms with Crippen molar-refractivity contribution in [2.45, 2.75) is 32.4 Å². The third-order valence-corrected chi connectivity index (χ3v) is 5.46. The summed E-state index contributed by atoms with van der Waals surface area (Å²) in [6.45, 7) is 5.05. The van der Waals surface area contributed by atoms with Gasteiger partial charge in [-0.05, 0) is 25.0 Å². The number of nitrogens with zero attached hydrogens (tertiary/aromatic N) is 2. The van der Waals surface area contributed by atoms with E-state index in [1.807, 2.05) is 49.4 Å². The number of benzene rings is 2. The van der Waals surface area contributed by atoms with Crippen molar-refractivity contribution in [1.29, 1.82) is 0 Å². The van der Waals surface area contributed by atoms with Crippen LogP contribution < -0.4 is 10.1 Å². The van der Waals surface area contributed by atoms with E-state index in [9.17, 15) is 9.59 Å². The van der Waals surface area contributed by atoms with Gasteiger partial charge in [-0.2, -0.15) is 0 Å². The highest BCUT2D eigenvalue weighted by molar-refractivity contribution is 5.88. The van der Waals surface area contributed by atoms with Crippen LogP contribution in [0.2, 0.25) is 0 Å². The first-order valence-electron chi connectivity index (χ1n) is 10.6. The van der Waals surface area contributed by atoms with E-state index < -0.39 is 6.04 Å². The molecular formula is C24H31N3O3. The Hall–Kier alpha value is -2.86. The number of likely N-dealkylation sites (N-methyl/N-ethyl adjacent to an activating group) is 1. The van der Waals surface area contributed by atoms with Crippen LogP contribution in [-0.4, -0.2) is 60.9 Å². The van der Waals surface area contributed by atoms with E-state index in [2.05, 4.69) is 22.3 Å². The fourth-order valence-corrected chi connectivity index (χ4v) is 3.71. The SMILES string of the molecule is CCOc1ccccc1CN1CCNC(=O)[C@@H]1CC(=O)N(C)CCc1ccccc1. The van der Waals surface area contributed by atoms with E-state index >= 15 is 0 Å². The van der Waals surface area contributed by atoms with Crippen LogP contribution in [0.25, 0.3) is 0 Å². The van der Waals surface area contributed by atoms with Crippen LogP contribution >= 0.6 is 0 Å². The topological polar surface area (TPSA) is 61.9 Å². The molecule has 1 atom stereocenters. The number of hydrogen-bond donors (Lipinski definition) is 1. The number of rotatable bonds is 9. The maximum absolute atomic E-state index is 12.8. The second kappa shape index (κ2) is 10.8. The van der Waals surface area contributed by atoms with Gasteiger partial charge in [0.1, 0.15) is 5.75 Å². The molecule has 2 aromatic carbocycles. The lowest BCUT2D eigenvalue weighted by molar-refractivity contribution is -0.138. The van der Waals surface area contributed by atoms with Gasteiger partial charge in [0.25, 0.3) is 0 Å². The average molecular weight is 410 g/mol. The largest absolute Gasteiger partial charge is 0.494 e. The van der Waals surface area contributed by atoms with Gasteiger partial charge >= 0.3 is 0 Å². The quantitative estimate of drug-likeness (QED) is 0.691. The highest BCUT2D eigenvalue weighted by Gasteiger charge is 2.32. The Bertz CT molecular complexity index is 841. The summed E-state index contributed by atoms with van der Waals surface area (Å²) in [5.41, 5.74) is 2.23. The Morgan fingerprint density at radius 3 is 2.67 bits per heavy atom. The number of para-hydroxylation sites is 1. The van der Waals surface area contributed by atoms with Crippen molar-refractivity contribution >= 4 is 11.8 Å². The van der Waals surface area contributed by atoms with Gasteiger partial charge in [0.2, 0.25) is 11.8 Å². The van der Waals surface area contributed by atoms with Gasteiger partial charge in [-0.3, -0.25) is 14.5 Å². The molecule has 1 aliphatic heterocycles. The van der Waals surface area contributed by atoms with E-state index in [1.165, 1.54) is 5.56 Å². The van der Waals surface area contributed by atoms with Crippen molar-refractivity contribution in [2.24, 2.45) is 0 Å². The monoisotopic (exact) mass is 409 g/mol.